The SMILES string of the molecule is O=C(NN=Cc1c(Br)cc(Br)c(O)c1Br)C(=Cc1ccc2c(c1)OCO2)NC(=O)c1ccccc1. The molecule has 0 saturated heterocycles. The van der Waals surface area contributed by atoms with Crippen LogP contribution in [0.5, 0.6) is 17.2 Å². The van der Waals surface area contributed by atoms with Gasteiger partial charge in [-0.05, 0) is 73.8 Å². The molecule has 11 heteroatoms. The third kappa shape index (κ3) is 5.92. The van der Waals surface area contributed by atoms with Crippen molar-refractivity contribution in [2.75, 3.05) is 6.79 Å². The molecule has 0 saturated carbocycles. The summed E-state index contributed by atoms with van der Waals surface area (Å²) in [6, 6.07) is 15.3. The van der Waals surface area contributed by atoms with Crippen molar-refractivity contribution in [1.29, 1.82) is 0 Å². The first-order chi connectivity index (χ1) is 16.8. The van der Waals surface area contributed by atoms with Gasteiger partial charge in [0.15, 0.2) is 11.5 Å². The Kier molecular flexibility index (Phi) is 7.89. The number of nitrogens with zero attached hydrogens (tertiary/aromatic N) is 1. The van der Waals surface area contributed by atoms with Gasteiger partial charge in [0.1, 0.15) is 11.4 Å². The standard InChI is InChI=1S/C24H16Br3N3O5/c25-16-10-17(26)22(31)21(27)15(16)11-28-30-24(33)18(29-23(32)14-4-2-1-3-5-14)8-13-6-7-19-20(9-13)35-12-34-19/h1-11,31H,12H2,(H,29,32)(H,30,33). The Morgan fingerprint density at radius 3 is 2.49 bits per heavy atom. The van der Waals surface area contributed by atoms with E-state index in [-0.39, 0.29) is 18.2 Å². The van der Waals surface area contributed by atoms with E-state index in [2.05, 4.69) is 63.6 Å². The van der Waals surface area contributed by atoms with Crippen LogP contribution in [-0.4, -0.2) is 29.9 Å². The molecule has 8 nitrogen and oxygen atoms in total. The highest BCUT2D eigenvalue weighted by Gasteiger charge is 2.17. The average Bonchev–Trinajstić information content (AvgIpc) is 3.32. The first kappa shape index (κ1) is 25.0. The van der Waals surface area contributed by atoms with E-state index in [9.17, 15) is 14.7 Å². The molecule has 3 aromatic carbocycles. The van der Waals surface area contributed by atoms with Gasteiger partial charge in [0.2, 0.25) is 6.79 Å². The number of phenolic OH excluding ortho intramolecular Hbond substituents is 1. The molecule has 0 unspecified atom stereocenters. The zero-order valence-corrected chi connectivity index (χ0v) is 22.5. The van der Waals surface area contributed by atoms with E-state index >= 15 is 0 Å². The van der Waals surface area contributed by atoms with Gasteiger partial charge in [0.25, 0.3) is 11.8 Å². The van der Waals surface area contributed by atoms with Crippen molar-refractivity contribution in [3.05, 3.63) is 90.4 Å². The second-order valence-corrected chi connectivity index (χ2v) is 9.61. The third-order valence-electron chi connectivity index (χ3n) is 4.78. The lowest BCUT2D eigenvalue weighted by atomic mass is 10.1. The molecular formula is C24H16Br3N3O5. The summed E-state index contributed by atoms with van der Waals surface area (Å²) in [5.74, 6) is 0.00644. The predicted molar refractivity (Wildman–Crippen MR) is 141 cm³/mol. The van der Waals surface area contributed by atoms with Gasteiger partial charge in [-0.1, -0.05) is 40.2 Å². The Hall–Kier alpha value is -3.15. The number of hydrogen-bond acceptors (Lipinski definition) is 6. The van der Waals surface area contributed by atoms with Crippen LogP contribution in [0.3, 0.4) is 0 Å². The van der Waals surface area contributed by atoms with E-state index in [1.807, 2.05) is 0 Å². The van der Waals surface area contributed by atoms with Gasteiger partial charge in [-0.2, -0.15) is 5.10 Å². The molecule has 178 valence electrons. The van der Waals surface area contributed by atoms with Crippen molar-refractivity contribution < 1.29 is 24.2 Å². The van der Waals surface area contributed by atoms with Crippen LogP contribution >= 0.6 is 47.8 Å². The van der Waals surface area contributed by atoms with Crippen LogP contribution in [0.2, 0.25) is 0 Å². The summed E-state index contributed by atoms with van der Waals surface area (Å²) in [5.41, 5.74) is 3.87. The minimum Gasteiger partial charge on any atom is -0.506 e. The maximum Gasteiger partial charge on any atom is 0.287 e. The fourth-order valence-electron chi connectivity index (χ4n) is 3.04. The third-order valence-corrected chi connectivity index (χ3v) is 6.84. The van der Waals surface area contributed by atoms with Crippen molar-refractivity contribution in [1.82, 2.24) is 10.7 Å². The van der Waals surface area contributed by atoms with Crippen molar-refractivity contribution in [2.45, 2.75) is 0 Å². The van der Waals surface area contributed by atoms with Gasteiger partial charge in [-0.3, -0.25) is 9.59 Å². The highest BCUT2D eigenvalue weighted by atomic mass is 79.9. The molecule has 0 aliphatic carbocycles. The van der Waals surface area contributed by atoms with Crippen LogP contribution in [0.4, 0.5) is 0 Å². The van der Waals surface area contributed by atoms with Gasteiger partial charge >= 0.3 is 0 Å². The molecule has 3 aromatic rings. The molecule has 0 bridgehead atoms. The quantitative estimate of drug-likeness (QED) is 0.187. The molecule has 0 radical (unpaired) electrons. The number of fused-ring (bicyclic) bond motifs is 1. The summed E-state index contributed by atoms with van der Waals surface area (Å²) >= 11 is 9.94. The van der Waals surface area contributed by atoms with Crippen molar-refractivity contribution in [2.24, 2.45) is 5.10 Å². The Morgan fingerprint density at radius 2 is 1.71 bits per heavy atom. The summed E-state index contributed by atoms with van der Waals surface area (Å²) in [5, 5.41) is 16.7. The molecule has 35 heavy (non-hydrogen) atoms. The molecule has 2 amide bonds. The van der Waals surface area contributed by atoms with Gasteiger partial charge in [0, 0.05) is 15.6 Å². The summed E-state index contributed by atoms with van der Waals surface area (Å²) in [6.45, 7) is 0.117. The topological polar surface area (TPSA) is 109 Å². The minimum absolute atomic E-state index is 0.0144. The number of hydrazone groups is 1. The number of carbonyl (C=O) groups is 2. The average molecular weight is 666 g/mol. The maximum atomic E-state index is 13.0. The molecule has 0 spiro atoms. The lowest BCUT2D eigenvalue weighted by Crippen LogP contribution is -2.32. The number of hydrogen-bond donors (Lipinski definition) is 3. The maximum absolute atomic E-state index is 13.0. The van der Waals surface area contributed by atoms with Crippen LogP contribution < -0.4 is 20.2 Å². The normalized spacial score (nSPS) is 12.6. The fourth-order valence-corrected chi connectivity index (χ4v) is 5.37. The number of halogens is 3. The largest absolute Gasteiger partial charge is 0.506 e. The second kappa shape index (κ2) is 11.1. The zero-order valence-electron chi connectivity index (χ0n) is 17.7. The van der Waals surface area contributed by atoms with Crippen LogP contribution in [-0.2, 0) is 4.79 Å². The van der Waals surface area contributed by atoms with Crippen molar-refractivity contribution in [3.8, 4) is 17.2 Å². The Bertz CT molecular complexity index is 1360. The molecule has 0 atom stereocenters. The van der Waals surface area contributed by atoms with Crippen molar-refractivity contribution >= 4 is 71.9 Å². The van der Waals surface area contributed by atoms with Gasteiger partial charge in [0.05, 0.1) is 15.2 Å². The molecule has 3 N–H and O–H groups in total. The number of amides is 2. The highest BCUT2D eigenvalue weighted by molar-refractivity contribution is 9.11. The monoisotopic (exact) mass is 663 g/mol. The van der Waals surface area contributed by atoms with Gasteiger partial charge in [-0.25, -0.2) is 5.43 Å². The molecule has 1 heterocycles. The lowest BCUT2D eigenvalue weighted by Gasteiger charge is -2.10. The summed E-state index contributed by atoms with van der Waals surface area (Å²) < 4.78 is 12.2. The Labute approximate surface area is 225 Å². The zero-order chi connectivity index (χ0) is 24.9. The fraction of sp³-hybridized carbons (Fsp3) is 0.0417. The second-order valence-electron chi connectivity index (χ2n) is 7.11. The molecule has 1 aliphatic heterocycles. The van der Waals surface area contributed by atoms with Crippen molar-refractivity contribution in [3.63, 3.8) is 0 Å². The number of ether oxygens (including phenoxy) is 2. The van der Waals surface area contributed by atoms with Crippen LogP contribution in [0.15, 0.2) is 78.8 Å². The molecule has 0 aromatic heterocycles. The summed E-state index contributed by atoms with van der Waals surface area (Å²) in [7, 11) is 0. The smallest absolute Gasteiger partial charge is 0.287 e. The molecule has 4 rings (SSSR count). The van der Waals surface area contributed by atoms with Crippen LogP contribution in [0.1, 0.15) is 21.5 Å². The van der Waals surface area contributed by atoms with Crippen LogP contribution in [0, 0.1) is 0 Å². The number of aromatic hydroxyl groups is 1. The van der Waals surface area contributed by atoms with E-state index in [1.165, 1.54) is 12.3 Å². The number of phenols is 1. The summed E-state index contributed by atoms with van der Waals surface area (Å²) in [4.78, 5) is 25.7. The van der Waals surface area contributed by atoms with E-state index in [0.717, 1.165) is 0 Å². The summed E-state index contributed by atoms with van der Waals surface area (Å²) in [6.07, 6.45) is 2.86. The minimum atomic E-state index is -0.656. The number of nitrogens with one attached hydrogen (secondary N) is 2. The first-order valence-corrected chi connectivity index (χ1v) is 12.4. The van der Waals surface area contributed by atoms with E-state index < -0.39 is 11.8 Å². The first-order valence-electron chi connectivity index (χ1n) is 10.0. The van der Waals surface area contributed by atoms with E-state index in [0.29, 0.717) is 41.6 Å². The van der Waals surface area contributed by atoms with Gasteiger partial charge in [-0.15, -0.1) is 0 Å². The van der Waals surface area contributed by atoms with E-state index in [1.54, 1.807) is 54.6 Å². The molecule has 0 fully saturated rings. The molecular weight excluding hydrogens is 650 g/mol. The number of benzene rings is 3. The number of rotatable bonds is 6. The molecule has 1 aliphatic rings. The number of carbonyl (C=O) groups excluding carboxylic acids is 2. The highest BCUT2D eigenvalue weighted by Crippen LogP contribution is 2.38. The van der Waals surface area contributed by atoms with Crippen LogP contribution in [0.25, 0.3) is 6.08 Å². The lowest BCUT2D eigenvalue weighted by molar-refractivity contribution is -0.117. The van der Waals surface area contributed by atoms with Gasteiger partial charge < -0.3 is 19.9 Å². The van der Waals surface area contributed by atoms with E-state index in [4.69, 9.17) is 9.47 Å². The predicted octanol–water partition coefficient (Wildman–Crippen LogP) is 5.33. The Balaban J connectivity index is 1.59. The Morgan fingerprint density at radius 1 is 0.971 bits per heavy atom.